The summed E-state index contributed by atoms with van der Waals surface area (Å²) in [7, 11) is 1.50. The fraction of sp³-hybridized carbons (Fsp3) is 0.259. The number of piperidine rings is 1. The number of amidine groups is 1. The minimum Gasteiger partial charge on any atom is -0.504 e. The van der Waals surface area contributed by atoms with Crippen LogP contribution in [-0.2, 0) is 4.79 Å². The summed E-state index contributed by atoms with van der Waals surface area (Å²) in [6.07, 6.45) is 0.856. The number of hydrogen-bond donors (Lipinski definition) is 7. The third-order valence-corrected chi connectivity index (χ3v) is 6.62. The van der Waals surface area contributed by atoms with E-state index in [-0.39, 0.29) is 41.4 Å². The van der Waals surface area contributed by atoms with Crippen molar-refractivity contribution in [1.29, 1.82) is 10.8 Å². The molecular weight excluding hydrogens is 554 g/mol. The second-order valence-corrected chi connectivity index (χ2v) is 9.58. The largest absolute Gasteiger partial charge is 0.504 e. The van der Waals surface area contributed by atoms with E-state index < -0.39 is 40.8 Å². The van der Waals surface area contributed by atoms with Gasteiger partial charge in [-0.3, -0.25) is 20.5 Å². The lowest BCUT2D eigenvalue weighted by Gasteiger charge is -2.37. The van der Waals surface area contributed by atoms with Gasteiger partial charge in [0.15, 0.2) is 17.5 Å². The zero-order valence-electron chi connectivity index (χ0n) is 22.5. The van der Waals surface area contributed by atoms with Crippen LogP contribution in [0.4, 0.5) is 20.2 Å². The molecule has 0 aliphatic carbocycles. The summed E-state index contributed by atoms with van der Waals surface area (Å²) >= 11 is 0. The standard InChI is InChI=1S/C27H30F2N8O5/c1-36(16-7-9-37(10-8-16)13-20(39)40)23-21(28)25(41-17-4-2-3-15(12-17)34-27(32)33)35-26(22(23)29)42-19-11-14(24(30)31)5-6-18(19)38/h2-6,11-12,16,38H,7-10,13H2,1H3,(H3,30,31)(H,39,40)(H4,32,33,34). The minimum absolute atomic E-state index is 0.0854. The summed E-state index contributed by atoms with van der Waals surface area (Å²) in [5, 5.41) is 37.0. The second-order valence-electron chi connectivity index (χ2n) is 9.58. The number of nitrogens with one attached hydrogen (secondary N) is 3. The van der Waals surface area contributed by atoms with E-state index in [1.54, 1.807) is 17.0 Å². The van der Waals surface area contributed by atoms with Crippen molar-refractivity contribution >= 4 is 29.1 Å². The number of hydrogen-bond acceptors (Lipinski definition) is 9. The fourth-order valence-electron chi connectivity index (χ4n) is 4.54. The summed E-state index contributed by atoms with van der Waals surface area (Å²) in [4.78, 5) is 18.1. The highest BCUT2D eigenvalue weighted by Crippen LogP contribution is 2.41. The number of carboxylic acid groups (broad SMARTS) is 1. The normalized spacial score (nSPS) is 13.8. The number of carboxylic acids is 1. The Morgan fingerprint density at radius 2 is 1.79 bits per heavy atom. The summed E-state index contributed by atoms with van der Waals surface area (Å²) in [6, 6.07) is 9.49. The summed E-state index contributed by atoms with van der Waals surface area (Å²) in [5.41, 5.74) is 11.0. The molecule has 13 nitrogen and oxygen atoms in total. The lowest BCUT2D eigenvalue weighted by atomic mass is 10.0. The molecule has 0 bridgehead atoms. The summed E-state index contributed by atoms with van der Waals surface area (Å²) in [6.45, 7) is 0.679. The van der Waals surface area contributed by atoms with Crippen LogP contribution in [0.25, 0.3) is 0 Å². The number of nitrogen functional groups attached to an aromatic ring is 1. The first-order valence-corrected chi connectivity index (χ1v) is 12.7. The zero-order valence-corrected chi connectivity index (χ0v) is 22.5. The van der Waals surface area contributed by atoms with Crippen molar-refractivity contribution in [3.8, 4) is 29.0 Å². The van der Waals surface area contributed by atoms with Crippen molar-refractivity contribution in [2.75, 3.05) is 36.9 Å². The van der Waals surface area contributed by atoms with E-state index in [2.05, 4.69) is 10.3 Å². The van der Waals surface area contributed by atoms with E-state index in [4.69, 9.17) is 36.9 Å². The first-order chi connectivity index (χ1) is 19.9. The van der Waals surface area contributed by atoms with Gasteiger partial charge in [-0.15, -0.1) is 0 Å². The molecule has 222 valence electrons. The number of rotatable bonds is 10. The lowest BCUT2D eigenvalue weighted by molar-refractivity contribution is -0.138. The average Bonchev–Trinajstić information content (AvgIpc) is 2.92. The molecule has 9 N–H and O–H groups in total. The molecule has 1 aliphatic heterocycles. The Balaban J connectivity index is 1.74. The van der Waals surface area contributed by atoms with Crippen molar-refractivity contribution in [2.24, 2.45) is 11.5 Å². The number of likely N-dealkylation sites (tertiary alicyclic amines) is 1. The molecule has 42 heavy (non-hydrogen) atoms. The van der Waals surface area contributed by atoms with Crippen LogP contribution in [0.1, 0.15) is 18.4 Å². The van der Waals surface area contributed by atoms with Crippen LogP contribution < -0.4 is 31.2 Å². The molecule has 1 saturated heterocycles. The molecule has 1 fully saturated rings. The molecule has 0 atom stereocenters. The quantitative estimate of drug-likeness (QED) is 0.136. The Labute approximate surface area is 239 Å². The Kier molecular flexibility index (Phi) is 8.90. The Morgan fingerprint density at radius 3 is 2.40 bits per heavy atom. The minimum atomic E-state index is -1.17. The number of pyridine rings is 1. The molecule has 3 aromatic rings. The third-order valence-electron chi connectivity index (χ3n) is 6.62. The van der Waals surface area contributed by atoms with E-state index in [0.717, 1.165) is 0 Å². The number of carbonyl (C=O) groups is 1. The maximum Gasteiger partial charge on any atom is 0.317 e. The highest BCUT2D eigenvalue weighted by Gasteiger charge is 2.32. The SMILES string of the molecule is CN(c1c(F)c(Oc2cccc(NC(=N)N)c2)nc(Oc2cc(C(=N)N)ccc2O)c1F)C1CCN(CC(=O)O)CC1. The smallest absolute Gasteiger partial charge is 0.317 e. The van der Waals surface area contributed by atoms with Crippen molar-refractivity contribution in [3.63, 3.8) is 0 Å². The number of ether oxygens (including phenoxy) is 2. The molecule has 0 saturated carbocycles. The molecule has 0 unspecified atom stereocenters. The van der Waals surface area contributed by atoms with E-state index in [0.29, 0.717) is 31.6 Å². The summed E-state index contributed by atoms with van der Waals surface area (Å²) in [5.74, 6) is -5.88. The number of nitrogens with zero attached hydrogens (tertiary/aromatic N) is 3. The highest BCUT2D eigenvalue weighted by atomic mass is 19.1. The van der Waals surface area contributed by atoms with E-state index in [1.165, 1.54) is 42.3 Å². The molecular formula is C27H30F2N8O5. The molecule has 2 heterocycles. The topological polar surface area (TPSA) is 207 Å². The number of benzene rings is 2. The number of phenolic OH excluding ortho intramolecular Hbond substituents is 1. The van der Waals surface area contributed by atoms with Gasteiger partial charge >= 0.3 is 5.97 Å². The molecule has 4 rings (SSSR count). The predicted octanol–water partition coefficient (Wildman–Crippen LogP) is 3.22. The number of phenols is 1. The van der Waals surface area contributed by atoms with Crippen LogP contribution in [0, 0.1) is 22.5 Å². The van der Waals surface area contributed by atoms with Gasteiger partial charge in [-0.05, 0) is 43.2 Å². The maximum atomic E-state index is 16.0. The van der Waals surface area contributed by atoms with Crippen LogP contribution >= 0.6 is 0 Å². The third kappa shape index (κ3) is 6.93. The molecule has 2 aromatic carbocycles. The molecule has 15 heteroatoms. The number of anilines is 2. The van der Waals surface area contributed by atoms with Gasteiger partial charge in [-0.1, -0.05) is 6.07 Å². The van der Waals surface area contributed by atoms with Gasteiger partial charge in [0.2, 0.25) is 11.6 Å². The van der Waals surface area contributed by atoms with Crippen LogP contribution in [-0.4, -0.2) is 70.6 Å². The molecule has 0 spiro atoms. The van der Waals surface area contributed by atoms with Crippen LogP contribution in [0.2, 0.25) is 0 Å². The van der Waals surface area contributed by atoms with Gasteiger partial charge in [-0.2, -0.15) is 13.8 Å². The Bertz CT molecular complexity index is 1510. The monoisotopic (exact) mass is 584 g/mol. The zero-order chi connectivity index (χ0) is 30.6. The number of aromatic nitrogens is 1. The van der Waals surface area contributed by atoms with Crippen molar-refractivity contribution in [3.05, 3.63) is 59.7 Å². The van der Waals surface area contributed by atoms with E-state index in [1.807, 2.05) is 0 Å². The Morgan fingerprint density at radius 1 is 1.12 bits per heavy atom. The van der Waals surface area contributed by atoms with Gasteiger partial charge < -0.3 is 41.4 Å². The molecule has 1 aromatic heterocycles. The lowest BCUT2D eigenvalue weighted by Crippen LogP contribution is -2.45. The average molecular weight is 585 g/mol. The van der Waals surface area contributed by atoms with Crippen LogP contribution in [0.3, 0.4) is 0 Å². The molecule has 1 aliphatic rings. The summed E-state index contributed by atoms with van der Waals surface area (Å²) < 4.78 is 43.2. The highest BCUT2D eigenvalue weighted by molar-refractivity contribution is 5.95. The van der Waals surface area contributed by atoms with E-state index in [9.17, 15) is 9.90 Å². The van der Waals surface area contributed by atoms with Gasteiger partial charge in [0.05, 0.1) is 6.54 Å². The first kappa shape index (κ1) is 29.8. The molecule has 0 radical (unpaired) electrons. The maximum absolute atomic E-state index is 16.0. The van der Waals surface area contributed by atoms with Crippen molar-refractivity contribution in [2.45, 2.75) is 18.9 Å². The van der Waals surface area contributed by atoms with Gasteiger partial charge in [0.1, 0.15) is 17.3 Å². The van der Waals surface area contributed by atoms with Crippen molar-refractivity contribution in [1.82, 2.24) is 9.88 Å². The number of aliphatic carboxylic acids is 1. The van der Waals surface area contributed by atoms with Crippen LogP contribution in [0.15, 0.2) is 42.5 Å². The molecule has 0 amide bonds. The van der Waals surface area contributed by atoms with Gasteiger partial charge in [-0.25, -0.2) is 0 Å². The number of halogens is 2. The number of guanidine groups is 1. The van der Waals surface area contributed by atoms with Gasteiger partial charge in [0, 0.05) is 43.5 Å². The van der Waals surface area contributed by atoms with Gasteiger partial charge in [0.25, 0.3) is 11.8 Å². The number of aromatic hydroxyl groups is 1. The van der Waals surface area contributed by atoms with E-state index >= 15 is 8.78 Å². The van der Waals surface area contributed by atoms with Crippen LogP contribution in [0.5, 0.6) is 29.0 Å². The first-order valence-electron chi connectivity index (χ1n) is 12.7. The number of nitrogens with two attached hydrogens (primary N) is 2. The predicted molar refractivity (Wildman–Crippen MR) is 151 cm³/mol. The fourth-order valence-corrected chi connectivity index (χ4v) is 4.54. The Hall–Kier alpha value is -5.18. The second kappa shape index (κ2) is 12.6. The van der Waals surface area contributed by atoms with Crippen molar-refractivity contribution < 1.29 is 33.3 Å².